The average Bonchev–Trinajstić information content (AvgIpc) is 3.03. The van der Waals surface area contributed by atoms with Crippen molar-refractivity contribution in [2.75, 3.05) is 0 Å². The Hall–Kier alpha value is -2.42. The van der Waals surface area contributed by atoms with E-state index in [9.17, 15) is 0 Å². The van der Waals surface area contributed by atoms with Gasteiger partial charge in [-0.15, -0.1) is 0 Å². The lowest BCUT2D eigenvalue weighted by Gasteiger charge is -2.10. The Morgan fingerprint density at radius 2 is 1.96 bits per heavy atom. The Kier molecular flexibility index (Phi) is 2.32. The molecule has 0 N–H and O–H groups in total. The molecule has 2 aromatic heterocycles. The molecule has 0 bridgehead atoms. The second-order valence-electron chi connectivity index (χ2n) is 6.51. The van der Waals surface area contributed by atoms with Crippen molar-refractivity contribution in [1.29, 1.82) is 0 Å². The van der Waals surface area contributed by atoms with Gasteiger partial charge in [0.1, 0.15) is 12.9 Å². The van der Waals surface area contributed by atoms with Gasteiger partial charge in [-0.1, -0.05) is 6.07 Å². The van der Waals surface area contributed by atoms with E-state index in [0.29, 0.717) is 5.56 Å². The summed E-state index contributed by atoms with van der Waals surface area (Å²) in [6, 6.07) is 6.40. The molecule has 0 saturated heterocycles. The summed E-state index contributed by atoms with van der Waals surface area (Å²) >= 11 is 0. The van der Waals surface area contributed by atoms with Crippen LogP contribution in [0.25, 0.3) is 16.9 Å². The molecule has 4 rings (SSSR count). The minimum absolute atomic E-state index is 0.398. The third-order valence-corrected chi connectivity index (χ3v) is 4.69. The van der Waals surface area contributed by atoms with E-state index in [0.717, 1.165) is 34.8 Å². The molecule has 0 fully saturated rings. The molecule has 1 aliphatic heterocycles. The van der Waals surface area contributed by atoms with Crippen LogP contribution in [0.1, 0.15) is 37.9 Å². The standard InChI is InChI=1S/C20H22N3/c1-12-7-19(22(5)10-14(12)3)17-9-18-16(6-13(17)2)8-20-21-15(4)11-23(18)20/h6-7,9-11H,8H2,1-5H3/q+1/i3D3. The first-order valence-electron chi connectivity index (χ1n) is 9.35. The molecule has 3 nitrogen and oxygen atoms in total. The van der Waals surface area contributed by atoms with Gasteiger partial charge in [-0.25, -0.2) is 9.55 Å². The highest BCUT2D eigenvalue weighted by Crippen LogP contribution is 2.33. The molecule has 23 heavy (non-hydrogen) atoms. The van der Waals surface area contributed by atoms with E-state index in [1.54, 1.807) is 6.20 Å². The SMILES string of the molecule is [2H]C([2H])([2H])c1c[n+](C)c(-c2cc3c(cc2C)Cc2nc(C)cn2-3)cc1C. The number of benzene rings is 1. The maximum atomic E-state index is 7.72. The molecular formula is C20H22N3+. The van der Waals surface area contributed by atoms with Gasteiger partial charge in [-0.2, -0.15) is 0 Å². The van der Waals surface area contributed by atoms with Gasteiger partial charge in [0.05, 0.1) is 16.9 Å². The fourth-order valence-electron chi connectivity index (χ4n) is 3.47. The predicted molar refractivity (Wildman–Crippen MR) is 91.9 cm³/mol. The third kappa shape index (κ3) is 2.11. The van der Waals surface area contributed by atoms with Crippen LogP contribution in [0.4, 0.5) is 0 Å². The van der Waals surface area contributed by atoms with E-state index in [1.807, 2.05) is 31.5 Å². The highest BCUT2D eigenvalue weighted by Gasteiger charge is 2.23. The van der Waals surface area contributed by atoms with Crippen molar-refractivity contribution in [3.05, 3.63) is 64.4 Å². The van der Waals surface area contributed by atoms with Crippen molar-refractivity contribution in [2.24, 2.45) is 7.05 Å². The summed E-state index contributed by atoms with van der Waals surface area (Å²) in [5.74, 6) is 1.08. The van der Waals surface area contributed by atoms with Gasteiger partial charge in [-0.05, 0) is 50.4 Å². The molecule has 3 heterocycles. The molecule has 3 heteroatoms. The van der Waals surface area contributed by atoms with Crippen LogP contribution in [0.5, 0.6) is 0 Å². The van der Waals surface area contributed by atoms with Crippen LogP contribution in [0.3, 0.4) is 0 Å². The first-order chi connectivity index (χ1) is 12.1. The number of aryl methyl sites for hydroxylation is 5. The van der Waals surface area contributed by atoms with Crippen molar-refractivity contribution in [3.8, 4) is 16.9 Å². The molecule has 0 saturated carbocycles. The van der Waals surface area contributed by atoms with Gasteiger partial charge in [0, 0.05) is 28.4 Å². The van der Waals surface area contributed by atoms with Crippen LogP contribution >= 0.6 is 0 Å². The molecule has 3 aromatic rings. The number of fused-ring (bicyclic) bond motifs is 3. The maximum absolute atomic E-state index is 7.72. The minimum Gasteiger partial charge on any atom is -0.303 e. The number of rotatable bonds is 1. The Balaban J connectivity index is 1.89. The quantitative estimate of drug-likeness (QED) is 0.493. The summed E-state index contributed by atoms with van der Waals surface area (Å²) in [7, 11) is 1.91. The van der Waals surface area contributed by atoms with Crippen LogP contribution in [0.2, 0.25) is 0 Å². The Bertz CT molecular complexity index is 1050. The van der Waals surface area contributed by atoms with Crippen LogP contribution < -0.4 is 4.57 Å². The van der Waals surface area contributed by atoms with Crippen LogP contribution in [-0.2, 0) is 13.5 Å². The Labute approximate surface area is 141 Å². The van der Waals surface area contributed by atoms with Crippen molar-refractivity contribution in [1.82, 2.24) is 9.55 Å². The molecule has 0 aliphatic carbocycles. The Morgan fingerprint density at radius 3 is 2.74 bits per heavy atom. The number of hydrogen-bond donors (Lipinski definition) is 0. The van der Waals surface area contributed by atoms with Crippen molar-refractivity contribution >= 4 is 0 Å². The maximum Gasteiger partial charge on any atom is 0.212 e. The summed E-state index contributed by atoms with van der Waals surface area (Å²) in [6.45, 7) is 3.88. The number of nitrogens with zero attached hydrogens (tertiary/aromatic N) is 3. The first kappa shape index (κ1) is 11.2. The zero-order chi connectivity index (χ0) is 18.8. The lowest BCUT2D eigenvalue weighted by Crippen LogP contribution is -2.31. The molecule has 1 aromatic carbocycles. The zero-order valence-electron chi connectivity index (χ0n) is 16.9. The fraction of sp³-hybridized carbons (Fsp3) is 0.300. The summed E-state index contributed by atoms with van der Waals surface area (Å²) in [5.41, 5.74) is 7.98. The molecule has 0 amide bonds. The van der Waals surface area contributed by atoms with Gasteiger partial charge in [0.25, 0.3) is 0 Å². The molecular weight excluding hydrogens is 282 g/mol. The first-order valence-corrected chi connectivity index (χ1v) is 7.85. The summed E-state index contributed by atoms with van der Waals surface area (Å²) in [5, 5.41) is 0. The van der Waals surface area contributed by atoms with Crippen LogP contribution in [-0.4, -0.2) is 9.55 Å². The monoisotopic (exact) mass is 307 g/mol. The van der Waals surface area contributed by atoms with Gasteiger partial charge in [0.2, 0.25) is 5.69 Å². The van der Waals surface area contributed by atoms with E-state index in [4.69, 9.17) is 4.11 Å². The molecule has 0 radical (unpaired) electrons. The smallest absolute Gasteiger partial charge is 0.212 e. The molecule has 116 valence electrons. The van der Waals surface area contributed by atoms with Gasteiger partial charge in [-0.3, -0.25) is 0 Å². The summed E-state index contributed by atoms with van der Waals surface area (Å²) in [4.78, 5) is 4.60. The van der Waals surface area contributed by atoms with Crippen LogP contribution in [0, 0.1) is 27.6 Å². The zero-order valence-corrected chi connectivity index (χ0v) is 13.9. The van der Waals surface area contributed by atoms with E-state index in [1.165, 1.54) is 16.8 Å². The van der Waals surface area contributed by atoms with Crippen molar-refractivity contribution in [3.63, 3.8) is 0 Å². The highest BCUT2D eigenvalue weighted by atomic mass is 15.1. The minimum atomic E-state index is -2.10. The topological polar surface area (TPSA) is 21.7 Å². The summed E-state index contributed by atoms with van der Waals surface area (Å²) in [6.07, 6.45) is 4.66. The van der Waals surface area contributed by atoms with E-state index < -0.39 is 6.85 Å². The molecule has 0 unspecified atom stereocenters. The second kappa shape index (κ2) is 4.79. The van der Waals surface area contributed by atoms with E-state index >= 15 is 0 Å². The number of aromatic nitrogens is 3. The lowest BCUT2D eigenvalue weighted by molar-refractivity contribution is -0.660. The number of pyridine rings is 1. The van der Waals surface area contributed by atoms with Gasteiger partial charge < -0.3 is 4.57 Å². The Morgan fingerprint density at radius 1 is 1.13 bits per heavy atom. The highest BCUT2D eigenvalue weighted by molar-refractivity contribution is 5.68. The fourth-order valence-corrected chi connectivity index (χ4v) is 3.47. The molecule has 0 atom stereocenters. The van der Waals surface area contributed by atoms with E-state index in [-0.39, 0.29) is 0 Å². The van der Waals surface area contributed by atoms with Crippen molar-refractivity contribution < 1.29 is 8.68 Å². The van der Waals surface area contributed by atoms with E-state index in [2.05, 4.69) is 34.8 Å². The lowest BCUT2D eigenvalue weighted by atomic mass is 9.98. The van der Waals surface area contributed by atoms with Gasteiger partial charge in [0.15, 0.2) is 6.20 Å². The normalized spacial score (nSPS) is 14.9. The molecule has 1 aliphatic rings. The average molecular weight is 307 g/mol. The largest absolute Gasteiger partial charge is 0.303 e. The number of hydrogen-bond acceptors (Lipinski definition) is 1. The van der Waals surface area contributed by atoms with Crippen molar-refractivity contribution in [2.45, 2.75) is 34.0 Å². The second-order valence-corrected chi connectivity index (χ2v) is 6.51. The summed E-state index contributed by atoms with van der Waals surface area (Å²) < 4.78 is 27.2. The van der Waals surface area contributed by atoms with Crippen LogP contribution in [0.15, 0.2) is 30.6 Å². The molecule has 0 spiro atoms. The number of imidazole rings is 1. The third-order valence-electron chi connectivity index (χ3n) is 4.69. The predicted octanol–water partition coefficient (Wildman–Crippen LogP) is 3.50. The van der Waals surface area contributed by atoms with Gasteiger partial charge >= 0.3 is 0 Å².